The van der Waals surface area contributed by atoms with Crippen LogP contribution in [-0.2, 0) is 22.4 Å². The van der Waals surface area contributed by atoms with Gasteiger partial charge in [0.05, 0.1) is 25.0 Å². The van der Waals surface area contributed by atoms with E-state index in [2.05, 4.69) is 6.07 Å². The molecule has 45 heavy (non-hydrogen) atoms. The van der Waals surface area contributed by atoms with Gasteiger partial charge in [-0.3, -0.25) is 19.0 Å². The molecule has 2 N–H and O–H groups in total. The van der Waals surface area contributed by atoms with Crippen LogP contribution in [-0.4, -0.2) is 39.7 Å². The summed E-state index contributed by atoms with van der Waals surface area (Å²) in [4.78, 5) is 35.3. The minimum Gasteiger partial charge on any atom is -0.497 e. The normalized spacial score (nSPS) is 16.3. The van der Waals surface area contributed by atoms with Crippen molar-refractivity contribution in [1.82, 2.24) is 4.57 Å². The van der Waals surface area contributed by atoms with Crippen molar-refractivity contribution in [2.75, 3.05) is 7.11 Å². The number of aliphatic carboxylic acids is 2. The van der Waals surface area contributed by atoms with E-state index in [4.69, 9.17) is 16.3 Å². The fourth-order valence-corrected chi connectivity index (χ4v) is 7.01. The van der Waals surface area contributed by atoms with E-state index in [-0.39, 0.29) is 18.2 Å². The highest BCUT2D eigenvalue weighted by Gasteiger charge is 2.30. The molecular weight excluding hydrogens is 590 g/mol. The molecule has 6 rings (SSSR count). The van der Waals surface area contributed by atoms with E-state index in [1.807, 2.05) is 36.4 Å². The maximum Gasteiger partial charge on any atom is 0.310 e. The molecule has 1 saturated carbocycles. The summed E-state index contributed by atoms with van der Waals surface area (Å²) < 4.78 is 6.79. The van der Waals surface area contributed by atoms with Gasteiger partial charge in [-0.25, -0.2) is 0 Å². The van der Waals surface area contributed by atoms with E-state index in [1.54, 1.807) is 42.9 Å². The second kappa shape index (κ2) is 14.2. The zero-order valence-electron chi connectivity index (χ0n) is 25.6. The van der Waals surface area contributed by atoms with Gasteiger partial charge in [0.1, 0.15) is 5.75 Å². The molecule has 1 unspecified atom stereocenters. The van der Waals surface area contributed by atoms with E-state index in [0.29, 0.717) is 33.8 Å². The molecule has 1 aromatic heterocycles. The van der Waals surface area contributed by atoms with Crippen LogP contribution in [0.2, 0.25) is 5.02 Å². The predicted octanol–water partition coefficient (Wildman–Crippen LogP) is 8.44. The lowest BCUT2D eigenvalue weighted by molar-refractivity contribution is -0.139. The van der Waals surface area contributed by atoms with Gasteiger partial charge >= 0.3 is 11.9 Å². The maximum absolute atomic E-state index is 12.8. The first-order valence-corrected chi connectivity index (χ1v) is 15.8. The Morgan fingerprint density at radius 2 is 1.69 bits per heavy atom. The van der Waals surface area contributed by atoms with Gasteiger partial charge in [-0.2, -0.15) is 0 Å². The van der Waals surface area contributed by atoms with Crippen molar-refractivity contribution in [3.8, 4) is 5.75 Å². The molecule has 1 atom stereocenters. The highest BCUT2D eigenvalue weighted by molar-refractivity contribution is 6.31. The zero-order chi connectivity index (χ0) is 32.1. The van der Waals surface area contributed by atoms with E-state index < -0.39 is 11.9 Å². The van der Waals surface area contributed by atoms with Crippen molar-refractivity contribution < 1.29 is 29.3 Å². The largest absolute Gasteiger partial charge is 0.497 e. The average molecular weight is 628 g/mol. The molecule has 0 bridgehead atoms. The Bertz CT molecular complexity index is 1750. The van der Waals surface area contributed by atoms with E-state index >= 15 is 0 Å². The molecule has 3 aromatic carbocycles. The molecule has 234 valence electrons. The van der Waals surface area contributed by atoms with Crippen LogP contribution in [0.3, 0.4) is 0 Å². The number of rotatable bonds is 7. The molecule has 1 heterocycles. The summed E-state index contributed by atoms with van der Waals surface area (Å²) >= 11 is 6.42. The zero-order valence-corrected chi connectivity index (χ0v) is 26.3. The fraction of sp³-hybridized carbons (Fsp3) is 0.324. The third-order valence-corrected chi connectivity index (χ3v) is 9.31. The number of nitrogens with zero attached hydrogens (tertiary/aromatic N) is 1. The van der Waals surface area contributed by atoms with Crippen LogP contribution in [0.4, 0.5) is 0 Å². The van der Waals surface area contributed by atoms with Gasteiger partial charge < -0.3 is 14.9 Å². The average Bonchev–Trinajstić information content (AvgIpc) is 3.58. The molecule has 4 aromatic rings. The second-order valence-corrected chi connectivity index (χ2v) is 12.2. The number of carbonyl (C=O) groups is 3. The molecule has 0 radical (unpaired) electrons. The van der Waals surface area contributed by atoms with Crippen LogP contribution in [0.25, 0.3) is 17.0 Å². The van der Waals surface area contributed by atoms with Gasteiger partial charge in [0.25, 0.3) is 5.91 Å². The standard InChI is InChI=1S/C21H19NO4.C16H19ClO2/c1-14-17(13-21(24)25)18-12-16(26-2)9-10-19(18)22(14)20(23)11-8-15-6-4-3-5-7-15;17-15-9-13-11(6-7-12(13)16(18)19)8-14(15)10-4-2-1-3-5-10/h3-12H,13H2,1-2H3,(H,24,25);8-10,12H,1-7H2,(H,18,19)/b11-8+;. The van der Waals surface area contributed by atoms with Crippen molar-refractivity contribution in [3.05, 3.63) is 105 Å². The first-order chi connectivity index (χ1) is 21.7. The number of carbonyl (C=O) groups excluding carboxylic acids is 1. The Hall–Kier alpha value is -4.36. The number of halogens is 1. The van der Waals surface area contributed by atoms with Crippen LogP contribution >= 0.6 is 11.6 Å². The Morgan fingerprint density at radius 3 is 2.36 bits per heavy atom. The van der Waals surface area contributed by atoms with Crippen LogP contribution < -0.4 is 4.74 Å². The lowest BCUT2D eigenvalue weighted by Gasteiger charge is -2.24. The predicted molar refractivity (Wildman–Crippen MR) is 177 cm³/mol. The third-order valence-electron chi connectivity index (χ3n) is 8.99. The fourth-order valence-electron chi connectivity index (χ4n) is 6.69. The van der Waals surface area contributed by atoms with Crippen LogP contribution in [0, 0.1) is 6.92 Å². The minimum atomic E-state index is -0.942. The number of allylic oxidation sites excluding steroid dienone is 1. The van der Waals surface area contributed by atoms with Crippen molar-refractivity contribution in [1.29, 1.82) is 0 Å². The van der Waals surface area contributed by atoms with Crippen molar-refractivity contribution >= 4 is 46.4 Å². The number of benzene rings is 3. The molecule has 0 aliphatic heterocycles. The van der Waals surface area contributed by atoms with Gasteiger partial charge in [0.2, 0.25) is 0 Å². The highest BCUT2D eigenvalue weighted by Crippen LogP contribution is 2.42. The number of carboxylic acid groups (broad SMARTS) is 2. The van der Waals surface area contributed by atoms with Crippen LogP contribution in [0.5, 0.6) is 5.75 Å². The summed E-state index contributed by atoms with van der Waals surface area (Å²) in [5.41, 5.74) is 6.23. The number of aromatic nitrogens is 1. The maximum atomic E-state index is 12.8. The monoisotopic (exact) mass is 627 g/mol. The number of aryl methyl sites for hydroxylation is 1. The van der Waals surface area contributed by atoms with Gasteiger partial charge in [0.15, 0.2) is 0 Å². The topological polar surface area (TPSA) is 106 Å². The highest BCUT2D eigenvalue weighted by atomic mass is 35.5. The molecule has 2 aliphatic carbocycles. The summed E-state index contributed by atoms with van der Waals surface area (Å²) in [7, 11) is 1.55. The summed E-state index contributed by atoms with van der Waals surface area (Å²) in [5.74, 6) is -1.04. The molecular formula is C37H38ClNO6. The van der Waals surface area contributed by atoms with Crippen LogP contribution in [0.15, 0.2) is 66.7 Å². The number of fused-ring (bicyclic) bond motifs is 2. The lowest BCUT2D eigenvalue weighted by atomic mass is 9.83. The van der Waals surface area contributed by atoms with Crippen molar-refractivity contribution in [2.45, 2.75) is 70.1 Å². The first-order valence-electron chi connectivity index (χ1n) is 15.4. The molecule has 7 nitrogen and oxygen atoms in total. The molecule has 0 saturated heterocycles. The second-order valence-electron chi connectivity index (χ2n) is 11.8. The number of carboxylic acids is 2. The van der Waals surface area contributed by atoms with Crippen LogP contribution in [0.1, 0.15) is 88.7 Å². The summed E-state index contributed by atoms with van der Waals surface area (Å²) in [6.45, 7) is 1.76. The summed E-state index contributed by atoms with van der Waals surface area (Å²) in [6.07, 6.45) is 11.0. The molecule has 0 amide bonds. The number of hydrogen-bond donors (Lipinski definition) is 2. The van der Waals surface area contributed by atoms with Gasteiger partial charge in [0, 0.05) is 22.2 Å². The molecule has 0 spiro atoms. The first kappa shape index (κ1) is 32.0. The Kier molecular flexibility index (Phi) is 10.1. The Balaban J connectivity index is 0.000000186. The SMILES string of the molecule is COc1ccc2c(c1)c(CC(=O)O)c(C)n2C(=O)/C=C/c1ccccc1.O=C(O)C1CCc2cc(C3CCCCC3)c(Cl)cc21. The van der Waals surface area contributed by atoms with E-state index in [1.165, 1.54) is 49.3 Å². The Labute approximate surface area is 268 Å². The molecule has 8 heteroatoms. The lowest BCUT2D eigenvalue weighted by Crippen LogP contribution is -2.10. The number of methoxy groups -OCH3 is 1. The smallest absolute Gasteiger partial charge is 0.310 e. The third kappa shape index (κ3) is 7.15. The van der Waals surface area contributed by atoms with Gasteiger partial charge in [-0.1, -0.05) is 67.3 Å². The number of hydrogen-bond acceptors (Lipinski definition) is 4. The summed E-state index contributed by atoms with van der Waals surface area (Å²) in [6, 6.07) is 19.0. The number of ether oxygens (including phenoxy) is 1. The quantitative estimate of drug-likeness (QED) is 0.199. The van der Waals surface area contributed by atoms with Gasteiger partial charge in [-0.15, -0.1) is 0 Å². The van der Waals surface area contributed by atoms with Crippen molar-refractivity contribution in [2.24, 2.45) is 0 Å². The van der Waals surface area contributed by atoms with E-state index in [0.717, 1.165) is 29.0 Å². The van der Waals surface area contributed by atoms with E-state index in [9.17, 15) is 24.6 Å². The molecule has 2 aliphatic rings. The van der Waals surface area contributed by atoms with Gasteiger partial charge in [-0.05, 0) is 96.7 Å². The minimum absolute atomic E-state index is 0.155. The summed E-state index contributed by atoms with van der Waals surface area (Å²) in [5, 5.41) is 20.0. The van der Waals surface area contributed by atoms with Crippen molar-refractivity contribution in [3.63, 3.8) is 0 Å². The Morgan fingerprint density at radius 1 is 0.956 bits per heavy atom. The molecule has 1 fully saturated rings.